The third-order valence-corrected chi connectivity index (χ3v) is 6.14. The van der Waals surface area contributed by atoms with Crippen LogP contribution < -0.4 is 0 Å². The lowest BCUT2D eigenvalue weighted by molar-refractivity contribution is 0.167. The highest BCUT2D eigenvalue weighted by atomic mass is 35.5. The largest absolute Gasteiger partial charge is 0.383 e. The van der Waals surface area contributed by atoms with E-state index in [1.165, 1.54) is 10.4 Å². The van der Waals surface area contributed by atoms with E-state index < -0.39 is 10.0 Å². The van der Waals surface area contributed by atoms with E-state index in [-0.39, 0.29) is 28.4 Å². The topological polar surface area (TPSA) is 46.6 Å². The Morgan fingerprint density at radius 1 is 1.38 bits per heavy atom. The maximum atomic E-state index is 12.9. The van der Waals surface area contributed by atoms with Gasteiger partial charge in [0.15, 0.2) is 0 Å². The highest BCUT2D eigenvalue weighted by Gasteiger charge is 2.30. The van der Waals surface area contributed by atoms with Crippen molar-refractivity contribution in [2.75, 3.05) is 20.3 Å². The van der Waals surface area contributed by atoms with Gasteiger partial charge in [0.1, 0.15) is 4.90 Å². The van der Waals surface area contributed by atoms with E-state index in [1.54, 1.807) is 19.2 Å². The summed E-state index contributed by atoms with van der Waals surface area (Å²) in [6, 6.07) is 4.68. The van der Waals surface area contributed by atoms with Gasteiger partial charge in [0.25, 0.3) is 0 Å². The lowest BCUT2D eigenvalue weighted by Gasteiger charge is -2.28. The first-order valence-electron chi connectivity index (χ1n) is 6.73. The van der Waals surface area contributed by atoms with Crippen molar-refractivity contribution in [1.29, 1.82) is 0 Å². The fraction of sp³-hybridized carbons (Fsp3) is 0.571. The van der Waals surface area contributed by atoms with Crippen molar-refractivity contribution in [3.05, 3.63) is 28.8 Å². The summed E-state index contributed by atoms with van der Waals surface area (Å²) >= 11 is 11.9. The Kier molecular flexibility index (Phi) is 7.44. The number of rotatable bonds is 8. The fourth-order valence-electron chi connectivity index (χ4n) is 1.92. The van der Waals surface area contributed by atoms with Gasteiger partial charge in [-0.15, -0.1) is 11.6 Å². The molecule has 0 bridgehead atoms. The van der Waals surface area contributed by atoms with Crippen LogP contribution in [-0.2, 0) is 20.6 Å². The highest BCUT2D eigenvalue weighted by molar-refractivity contribution is 7.89. The van der Waals surface area contributed by atoms with Gasteiger partial charge in [0.2, 0.25) is 10.0 Å². The van der Waals surface area contributed by atoms with E-state index >= 15 is 0 Å². The van der Waals surface area contributed by atoms with Crippen molar-refractivity contribution in [1.82, 2.24) is 4.31 Å². The molecule has 0 fully saturated rings. The molecule has 7 heteroatoms. The predicted molar refractivity (Wildman–Crippen MR) is 86.5 cm³/mol. The molecule has 0 aromatic heterocycles. The van der Waals surface area contributed by atoms with Gasteiger partial charge in [0, 0.05) is 25.6 Å². The van der Waals surface area contributed by atoms with Crippen LogP contribution in [0, 0.1) is 0 Å². The number of halogens is 2. The Balaban J connectivity index is 3.27. The maximum absolute atomic E-state index is 12.9. The second-order valence-corrected chi connectivity index (χ2v) is 7.30. The van der Waals surface area contributed by atoms with Crippen LogP contribution in [-0.4, -0.2) is 39.0 Å². The van der Waals surface area contributed by atoms with Crippen LogP contribution in [0.25, 0.3) is 0 Å². The summed E-state index contributed by atoms with van der Waals surface area (Å²) < 4.78 is 32.2. The molecule has 1 rings (SSSR count). The fourth-order valence-corrected chi connectivity index (χ4v) is 4.30. The highest BCUT2D eigenvalue weighted by Crippen LogP contribution is 2.28. The number of benzene rings is 1. The molecule has 120 valence electrons. The van der Waals surface area contributed by atoms with Crippen molar-refractivity contribution in [3.63, 3.8) is 0 Å². The minimum Gasteiger partial charge on any atom is -0.383 e. The Hall–Kier alpha value is -0.330. The molecule has 1 atom stereocenters. The number of hydrogen-bond donors (Lipinski definition) is 0. The van der Waals surface area contributed by atoms with E-state index in [0.717, 1.165) is 5.56 Å². The molecule has 4 nitrogen and oxygen atoms in total. The van der Waals surface area contributed by atoms with Crippen molar-refractivity contribution in [2.45, 2.75) is 37.1 Å². The Labute approximate surface area is 137 Å². The van der Waals surface area contributed by atoms with Gasteiger partial charge in [-0.05, 0) is 31.0 Å². The standard InChI is InChI=1S/C14H21Cl2NO3S/c1-4-11(2)17(7-8-20-3)21(18,19)14-9-12(10-15)5-6-13(14)16/h5-6,9,11H,4,7-8,10H2,1-3H3. The molecule has 21 heavy (non-hydrogen) atoms. The van der Waals surface area contributed by atoms with E-state index in [1.807, 2.05) is 13.8 Å². The molecule has 0 N–H and O–H groups in total. The molecular formula is C14H21Cl2NO3S. The second-order valence-electron chi connectivity index (χ2n) is 4.76. The van der Waals surface area contributed by atoms with E-state index in [4.69, 9.17) is 27.9 Å². The summed E-state index contributed by atoms with van der Waals surface area (Å²) in [5, 5.41) is 0.203. The number of hydrogen-bond acceptors (Lipinski definition) is 3. The maximum Gasteiger partial charge on any atom is 0.244 e. The van der Waals surface area contributed by atoms with Crippen molar-refractivity contribution in [3.8, 4) is 0 Å². The zero-order chi connectivity index (χ0) is 16.0. The van der Waals surface area contributed by atoms with Crippen LogP contribution in [0.3, 0.4) is 0 Å². The van der Waals surface area contributed by atoms with Crippen LogP contribution in [0.2, 0.25) is 5.02 Å². The Bertz CT molecular complexity index is 563. The summed E-state index contributed by atoms with van der Waals surface area (Å²) in [6.07, 6.45) is 0.704. The normalized spacial score (nSPS) is 13.6. The van der Waals surface area contributed by atoms with Gasteiger partial charge < -0.3 is 4.74 Å². The number of nitrogens with zero attached hydrogens (tertiary/aromatic N) is 1. The van der Waals surface area contributed by atoms with Crippen molar-refractivity contribution < 1.29 is 13.2 Å². The molecule has 1 unspecified atom stereocenters. The van der Waals surface area contributed by atoms with Crippen molar-refractivity contribution in [2.24, 2.45) is 0 Å². The first-order valence-corrected chi connectivity index (χ1v) is 9.08. The van der Waals surface area contributed by atoms with E-state index in [2.05, 4.69) is 0 Å². The quantitative estimate of drug-likeness (QED) is 0.671. The molecule has 0 heterocycles. The van der Waals surface area contributed by atoms with Gasteiger partial charge in [-0.2, -0.15) is 4.31 Å². The number of methoxy groups -OCH3 is 1. The first kappa shape index (κ1) is 18.7. The van der Waals surface area contributed by atoms with E-state index in [9.17, 15) is 8.42 Å². The summed E-state index contributed by atoms with van der Waals surface area (Å²) in [5.74, 6) is 0.237. The van der Waals surface area contributed by atoms with Gasteiger partial charge >= 0.3 is 0 Å². The van der Waals surface area contributed by atoms with Crippen LogP contribution in [0.5, 0.6) is 0 Å². The monoisotopic (exact) mass is 353 g/mol. The SMILES string of the molecule is CCC(C)N(CCOC)S(=O)(=O)c1cc(CCl)ccc1Cl. The van der Waals surface area contributed by atoms with Crippen LogP contribution in [0.15, 0.2) is 23.1 Å². The number of sulfonamides is 1. The van der Waals surface area contributed by atoms with Gasteiger partial charge in [0.05, 0.1) is 11.6 Å². The smallest absolute Gasteiger partial charge is 0.244 e. The molecule has 1 aromatic carbocycles. The van der Waals surface area contributed by atoms with Gasteiger partial charge in [-0.1, -0.05) is 24.6 Å². The van der Waals surface area contributed by atoms with Crippen LogP contribution in [0.4, 0.5) is 0 Å². The molecule has 0 aliphatic heterocycles. The average molecular weight is 354 g/mol. The third kappa shape index (κ3) is 4.57. The summed E-state index contributed by atoms with van der Waals surface area (Å²) in [6.45, 7) is 4.43. The number of ether oxygens (including phenoxy) is 1. The predicted octanol–water partition coefficient (Wildman–Crippen LogP) is 3.51. The zero-order valence-corrected chi connectivity index (χ0v) is 14.8. The molecule has 0 aliphatic carbocycles. The molecule has 0 spiro atoms. The summed E-state index contributed by atoms with van der Waals surface area (Å²) in [4.78, 5) is 0.0960. The summed E-state index contributed by atoms with van der Waals surface area (Å²) in [7, 11) is -2.14. The Morgan fingerprint density at radius 3 is 2.57 bits per heavy atom. The minimum atomic E-state index is -3.69. The molecule has 0 saturated carbocycles. The number of alkyl halides is 1. The Morgan fingerprint density at radius 2 is 2.05 bits per heavy atom. The first-order chi connectivity index (χ1) is 9.88. The van der Waals surface area contributed by atoms with Crippen molar-refractivity contribution >= 4 is 33.2 Å². The minimum absolute atomic E-state index is 0.0960. The van der Waals surface area contributed by atoms with E-state index in [0.29, 0.717) is 13.0 Å². The van der Waals surface area contributed by atoms with Gasteiger partial charge in [-0.25, -0.2) is 8.42 Å². The molecular weight excluding hydrogens is 333 g/mol. The lowest BCUT2D eigenvalue weighted by atomic mass is 10.2. The van der Waals surface area contributed by atoms with Gasteiger partial charge in [-0.3, -0.25) is 0 Å². The molecule has 0 radical (unpaired) electrons. The zero-order valence-electron chi connectivity index (χ0n) is 12.5. The third-order valence-electron chi connectivity index (χ3n) is 3.33. The lowest BCUT2D eigenvalue weighted by Crippen LogP contribution is -2.40. The molecule has 1 aromatic rings. The summed E-state index contributed by atoms with van der Waals surface area (Å²) in [5.41, 5.74) is 0.718. The van der Waals surface area contributed by atoms with Crippen LogP contribution in [0.1, 0.15) is 25.8 Å². The van der Waals surface area contributed by atoms with Crippen LogP contribution >= 0.6 is 23.2 Å². The molecule has 0 aliphatic rings. The molecule has 0 amide bonds. The molecule has 0 saturated heterocycles. The second kappa shape index (κ2) is 8.34. The average Bonchev–Trinajstić information content (AvgIpc) is 2.47.